The molecule has 0 unspecified atom stereocenters. The van der Waals surface area contributed by atoms with E-state index < -0.39 is 0 Å². The van der Waals surface area contributed by atoms with Crippen LogP contribution in [0, 0.1) is 0 Å². The number of aromatic nitrogens is 2. The first kappa shape index (κ1) is 19.5. The second-order valence-electron chi connectivity index (χ2n) is 5.16. The maximum absolute atomic E-state index is 11.2. The van der Waals surface area contributed by atoms with Crippen LogP contribution in [0.3, 0.4) is 0 Å². The summed E-state index contributed by atoms with van der Waals surface area (Å²) >= 11 is 13.0. The first-order valence-electron chi connectivity index (χ1n) is 7.29. The summed E-state index contributed by atoms with van der Waals surface area (Å²) < 4.78 is 1.76. The first-order chi connectivity index (χ1) is 11.8. The number of carbonyl (C=O) groups excluding carboxylic acids is 1. The van der Waals surface area contributed by atoms with E-state index in [0.717, 1.165) is 11.3 Å². The molecule has 0 spiro atoms. The van der Waals surface area contributed by atoms with Crippen LogP contribution in [-0.4, -0.2) is 20.7 Å². The fourth-order valence-corrected chi connectivity index (χ4v) is 3.34. The molecule has 2 heterocycles. The molecule has 0 fully saturated rings. The van der Waals surface area contributed by atoms with Crippen molar-refractivity contribution in [1.82, 2.24) is 9.78 Å². The van der Waals surface area contributed by atoms with E-state index in [4.69, 9.17) is 28.9 Å². The van der Waals surface area contributed by atoms with Gasteiger partial charge in [-0.15, -0.1) is 11.3 Å². The van der Waals surface area contributed by atoms with Crippen molar-refractivity contribution in [2.24, 2.45) is 12.8 Å². The molecule has 8 heteroatoms. The van der Waals surface area contributed by atoms with Crippen LogP contribution < -0.4 is 5.73 Å². The predicted molar refractivity (Wildman–Crippen MR) is 103 cm³/mol. The average molecular weight is 398 g/mol. The summed E-state index contributed by atoms with van der Waals surface area (Å²) in [5, 5.41) is 16.4. The lowest BCUT2D eigenvalue weighted by molar-refractivity contribution is 0.101. The molecule has 0 saturated carbocycles. The van der Waals surface area contributed by atoms with Crippen LogP contribution in [0.4, 0.5) is 0 Å². The number of rotatable bonds is 3. The van der Waals surface area contributed by atoms with E-state index in [0.29, 0.717) is 27.0 Å². The van der Waals surface area contributed by atoms with Crippen LogP contribution >= 0.6 is 34.5 Å². The van der Waals surface area contributed by atoms with Crippen molar-refractivity contribution in [2.75, 3.05) is 0 Å². The summed E-state index contributed by atoms with van der Waals surface area (Å²) in [6, 6.07) is 6.98. The zero-order valence-electron chi connectivity index (χ0n) is 13.7. The Kier molecular flexibility index (Phi) is 6.61. The van der Waals surface area contributed by atoms with Gasteiger partial charge in [0.15, 0.2) is 5.78 Å². The Balaban J connectivity index is 0.000000236. The van der Waals surface area contributed by atoms with Gasteiger partial charge in [-0.05, 0) is 30.7 Å². The number of nitrogens with two attached hydrogens (primary N) is 1. The van der Waals surface area contributed by atoms with Gasteiger partial charge < -0.3 is 10.8 Å². The van der Waals surface area contributed by atoms with Crippen molar-refractivity contribution < 1.29 is 9.90 Å². The summed E-state index contributed by atoms with van der Waals surface area (Å²) in [4.78, 5) is 11.9. The Morgan fingerprint density at radius 2 is 2.04 bits per heavy atom. The summed E-state index contributed by atoms with van der Waals surface area (Å²) in [5.74, 6) is -0.161. The third kappa shape index (κ3) is 4.61. The van der Waals surface area contributed by atoms with Gasteiger partial charge in [-0.2, -0.15) is 5.10 Å². The minimum Gasteiger partial charge on any atom is -0.506 e. The molecule has 25 heavy (non-hydrogen) atoms. The zero-order valence-corrected chi connectivity index (χ0v) is 16.0. The highest BCUT2D eigenvalue weighted by Crippen LogP contribution is 2.40. The van der Waals surface area contributed by atoms with E-state index in [-0.39, 0.29) is 11.5 Å². The van der Waals surface area contributed by atoms with Crippen LogP contribution in [0.15, 0.2) is 35.8 Å². The molecule has 0 saturated heterocycles. The summed E-state index contributed by atoms with van der Waals surface area (Å²) in [6.45, 7) is 1.98. The van der Waals surface area contributed by atoms with Gasteiger partial charge in [0.2, 0.25) is 0 Å². The van der Waals surface area contributed by atoms with Crippen molar-refractivity contribution in [3.63, 3.8) is 0 Å². The number of thiophene rings is 1. The van der Waals surface area contributed by atoms with Gasteiger partial charge in [0.05, 0.1) is 26.2 Å². The van der Waals surface area contributed by atoms with Crippen LogP contribution in [0.1, 0.15) is 23.0 Å². The van der Waals surface area contributed by atoms with Gasteiger partial charge in [-0.3, -0.25) is 9.48 Å². The fraction of sp³-hybridized carbons (Fsp3) is 0.176. The molecule has 1 aromatic carbocycles. The fourth-order valence-electron chi connectivity index (χ4n) is 2.05. The third-order valence-electron chi connectivity index (χ3n) is 3.46. The lowest BCUT2D eigenvalue weighted by Crippen LogP contribution is -2.03. The normalized spacial score (nSPS) is 10.3. The van der Waals surface area contributed by atoms with E-state index in [2.05, 4.69) is 5.10 Å². The number of Topliss-reactive ketones (excluding diaryl/α,β-unsaturated/α-hetero) is 1. The Labute approximate surface area is 159 Å². The van der Waals surface area contributed by atoms with Crippen LogP contribution in [-0.2, 0) is 13.6 Å². The number of halogens is 2. The molecule has 0 aliphatic carbocycles. The number of hydrogen-bond donors (Lipinski definition) is 2. The molecule has 0 radical (unpaired) electrons. The van der Waals surface area contributed by atoms with Crippen molar-refractivity contribution in [2.45, 2.75) is 13.5 Å². The Morgan fingerprint density at radius 1 is 1.32 bits per heavy atom. The first-order valence-corrected chi connectivity index (χ1v) is 8.92. The Hall–Kier alpha value is -1.86. The lowest BCUT2D eigenvalue weighted by Gasteiger charge is -2.02. The molecule has 0 aliphatic heterocycles. The number of hydrogen-bond acceptors (Lipinski definition) is 5. The monoisotopic (exact) mass is 397 g/mol. The van der Waals surface area contributed by atoms with Gasteiger partial charge in [-0.1, -0.05) is 29.3 Å². The maximum atomic E-state index is 11.2. The standard InChI is InChI=1S/C12H8Cl2O2S.C5H9N3/c1-6(15)8-5-17-12(11(8)16)7-2-3-9(13)10(14)4-7;1-8-5(4-6)2-3-7-8/h2-5,16H,1H3;2-3H,4,6H2,1H3. The minimum atomic E-state index is -0.162. The maximum Gasteiger partial charge on any atom is 0.164 e. The lowest BCUT2D eigenvalue weighted by atomic mass is 10.1. The van der Waals surface area contributed by atoms with Gasteiger partial charge in [0, 0.05) is 25.2 Å². The van der Waals surface area contributed by atoms with Crippen LogP contribution in [0.5, 0.6) is 5.75 Å². The second kappa shape index (κ2) is 8.49. The molecule has 0 aliphatic rings. The number of carbonyl (C=O) groups is 1. The predicted octanol–water partition coefficient (Wildman–Crippen LogP) is 4.51. The SMILES string of the molecule is CC(=O)c1csc(-c2ccc(Cl)c(Cl)c2)c1O.Cn1nccc1CN. The van der Waals surface area contributed by atoms with E-state index in [1.165, 1.54) is 18.3 Å². The van der Waals surface area contributed by atoms with Crippen molar-refractivity contribution in [3.05, 3.63) is 57.1 Å². The van der Waals surface area contributed by atoms with E-state index in [9.17, 15) is 9.90 Å². The number of benzene rings is 1. The summed E-state index contributed by atoms with van der Waals surface area (Å²) in [5.41, 5.74) is 7.47. The molecular weight excluding hydrogens is 381 g/mol. The number of aryl methyl sites for hydroxylation is 1. The third-order valence-corrected chi connectivity index (χ3v) is 5.21. The van der Waals surface area contributed by atoms with E-state index >= 15 is 0 Å². The summed E-state index contributed by atoms with van der Waals surface area (Å²) in [7, 11) is 1.88. The number of aromatic hydroxyl groups is 1. The highest BCUT2D eigenvalue weighted by Gasteiger charge is 2.15. The highest BCUT2D eigenvalue weighted by atomic mass is 35.5. The van der Waals surface area contributed by atoms with Gasteiger partial charge >= 0.3 is 0 Å². The number of nitrogens with zero attached hydrogens (tertiary/aromatic N) is 2. The molecule has 132 valence electrons. The van der Waals surface area contributed by atoms with Gasteiger partial charge in [-0.25, -0.2) is 0 Å². The number of ketones is 1. The topological polar surface area (TPSA) is 81.1 Å². The molecule has 5 nitrogen and oxygen atoms in total. The smallest absolute Gasteiger partial charge is 0.164 e. The zero-order chi connectivity index (χ0) is 18.6. The molecule has 0 amide bonds. The van der Waals surface area contributed by atoms with Crippen molar-refractivity contribution >= 4 is 40.3 Å². The molecular formula is C17H17Cl2N3O2S. The Bertz CT molecular complexity index is 890. The molecule has 3 aromatic rings. The van der Waals surface area contributed by atoms with Crippen LogP contribution in [0.25, 0.3) is 10.4 Å². The largest absolute Gasteiger partial charge is 0.506 e. The minimum absolute atomic E-state index is 0.000823. The summed E-state index contributed by atoms with van der Waals surface area (Å²) in [6.07, 6.45) is 1.74. The van der Waals surface area contributed by atoms with E-state index in [1.807, 2.05) is 13.1 Å². The van der Waals surface area contributed by atoms with Gasteiger partial charge in [0.1, 0.15) is 5.75 Å². The van der Waals surface area contributed by atoms with E-state index in [1.54, 1.807) is 34.5 Å². The average Bonchev–Trinajstić information content (AvgIpc) is 3.16. The van der Waals surface area contributed by atoms with Crippen molar-refractivity contribution in [3.8, 4) is 16.2 Å². The molecule has 3 N–H and O–H groups in total. The quantitative estimate of drug-likeness (QED) is 0.636. The second-order valence-corrected chi connectivity index (χ2v) is 6.86. The molecule has 2 aromatic heterocycles. The molecule has 0 atom stereocenters. The van der Waals surface area contributed by atoms with Crippen LogP contribution in [0.2, 0.25) is 10.0 Å². The van der Waals surface area contributed by atoms with Gasteiger partial charge in [0.25, 0.3) is 0 Å². The molecule has 3 rings (SSSR count). The molecule has 0 bridgehead atoms. The van der Waals surface area contributed by atoms with Crippen molar-refractivity contribution in [1.29, 1.82) is 0 Å². The highest BCUT2D eigenvalue weighted by molar-refractivity contribution is 7.14. The Morgan fingerprint density at radius 3 is 2.48 bits per heavy atom.